The van der Waals surface area contributed by atoms with Crippen LogP contribution >= 0.6 is 0 Å². The Bertz CT molecular complexity index is 410. The lowest BCUT2D eigenvalue weighted by Gasteiger charge is -2.19. The van der Waals surface area contributed by atoms with E-state index in [0.29, 0.717) is 0 Å². The molecule has 2 rings (SSSR count). The van der Waals surface area contributed by atoms with E-state index in [2.05, 4.69) is 61.3 Å². The lowest BCUT2D eigenvalue weighted by molar-refractivity contribution is 0.301. The first-order valence-corrected chi connectivity index (χ1v) is 7.70. The maximum Gasteiger partial charge on any atom is 0.0965 e. The van der Waals surface area contributed by atoms with Gasteiger partial charge in [0.1, 0.15) is 0 Å². The normalized spacial score (nSPS) is 24.4. The van der Waals surface area contributed by atoms with Gasteiger partial charge in [0, 0.05) is 37.9 Å². The number of hydrogen-bond acceptors (Lipinski definition) is 4. The Kier molecular flexibility index (Phi) is 4.81. The van der Waals surface area contributed by atoms with Gasteiger partial charge in [-0.05, 0) is 32.6 Å². The molecule has 114 valence electrons. The predicted octanol–water partition coefficient (Wildman–Crippen LogP) is 1.75. The van der Waals surface area contributed by atoms with Crippen LogP contribution in [-0.4, -0.2) is 45.1 Å². The van der Waals surface area contributed by atoms with Crippen molar-refractivity contribution in [2.24, 2.45) is 11.8 Å². The summed E-state index contributed by atoms with van der Waals surface area (Å²) < 4.78 is 1.97. The summed E-state index contributed by atoms with van der Waals surface area (Å²) in [7, 11) is 0. The summed E-state index contributed by atoms with van der Waals surface area (Å²) in [5, 5.41) is 11.9. The van der Waals surface area contributed by atoms with Gasteiger partial charge >= 0.3 is 0 Å². The maximum atomic E-state index is 4.23. The van der Waals surface area contributed by atoms with E-state index in [1.54, 1.807) is 0 Å². The number of hydrogen-bond donors (Lipinski definition) is 1. The van der Waals surface area contributed by atoms with Gasteiger partial charge < -0.3 is 10.2 Å². The summed E-state index contributed by atoms with van der Waals surface area (Å²) in [4.78, 5) is 2.53. The van der Waals surface area contributed by atoms with Crippen molar-refractivity contribution in [3.63, 3.8) is 0 Å². The fourth-order valence-electron chi connectivity index (χ4n) is 2.56. The van der Waals surface area contributed by atoms with Crippen molar-refractivity contribution < 1.29 is 0 Å². The molecule has 1 aromatic heterocycles. The van der Waals surface area contributed by atoms with Crippen LogP contribution in [0.5, 0.6) is 0 Å². The maximum absolute atomic E-state index is 4.23. The minimum absolute atomic E-state index is 0.117. The molecule has 2 heterocycles. The third kappa shape index (κ3) is 4.56. The van der Waals surface area contributed by atoms with Crippen molar-refractivity contribution in [3.05, 3.63) is 11.9 Å². The number of likely N-dealkylation sites (tertiary alicyclic amines) is 1. The van der Waals surface area contributed by atoms with E-state index >= 15 is 0 Å². The molecule has 0 amide bonds. The highest BCUT2D eigenvalue weighted by Gasteiger charge is 2.25. The summed E-state index contributed by atoms with van der Waals surface area (Å²) in [5.74, 6) is 1.63. The van der Waals surface area contributed by atoms with E-state index in [1.807, 2.05) is 4.68 Å². The smallest absolute Gasteiger partial charge is 0.0965 e. The fraction of sp³-hybridized carbons (Fsp3) is 0.867. The van der Waals surface area contributed by atoms with Gasteiger partial charge in [-0.1, -0.05) is 19.1 Å². The number of nitrogens with zero attached hydrogens (tertiary/aromatic N) is 4. The van der Waals surface area contributed by atoms with Crippen molar-refractivity contribution >= 4 is 0 Å². The van der Waals surface area contributed by atoms with E-state index in [-0.39, 0.29) is 5.54 Å². The standard InChI is InChI=1S/C15H29N5/c1-12-9-19(10-13(12)2)6-7-20-11-14(17-18-20)8-16-15(3,4)5/h11-13,16H,6-10H2,1-5H3. The van der Waals surface area contributed by atoms with Gasteiger partial charge in [-0.2, -0.15) is 0 Å². The summed E-state index contributed by atoms with van der Waals surface area (Å²) in [6.45, 7) is 16.4. The Balaban J connectivity index is 1.76. The third-order valence-electron chi connectivity index (χ3n) is 4.10. The van der Waals surface area contributed by atoms with Gasteiger partial charge in [0.25, 0.3) is 0 Å². The Morgan fingerprint density at radius 3 is 2.45 bits per heavy atom. The van der Waals surface area contributed by atoms with Crippen LogP contribution < -0.4 is 5.32 Å². The molecule has 5 heteroatoms. The van der Waals surface area contributed by atoms with Crippen molar-refractivity contribution in [2.45, 2.75) is 53.2 Å². The van der Waals surface area contributed by atoms with Gasteiger partial charge in [0.2, 0.25) is 0 Å². The van der Waals surface area contributed by atoms with Crippen LogP contribution in [-0.2, 0) is 13.1 Å². The molecular formula is C15H29N5. The molecule has 2 unspecified atom stereocenters. The van der Waals surface area contributed by atoms with E-state index < -0.39 is 0 Å². The molecule has 0 radical (unpaired) electrons. The molecule has 20 heavy (non-hydrogen) atoms. The van der Waals surface area contributed by atoms with Gasteiger partial charge in [-0.3, -0.25) is 4.68 Å². The second-order valence-electron chi connectivity index (χ2n) is 7.29. The molecule has 1 aliphatic heterocycles. The average molecular weight is 279 g/mol. The second-order valence-corrected chi connectivity index (χ2v) is 7.29. The monoisotopic (exact) mass is 279 g/mol. The van der Waals surface area contributed by atoms with Crippen LogP contribution in [0.4, 0.5) is 0 Å². The summed E-state index contributed by atoms with van der Waals surface area (Å²) >= 11 is 0. The lowest BCUT2D eigenvalue weighted by atomic mass is 10.0. The number of rotatable bonds is 5. The molecule has 2 atom stereocenters. The molecule has 1 saturated heterocycles. The molecule has 0 aromatic carbocycles. The molecule has 0 bridgehead atoms. The minimum Gasteiger partial charge on any atom is -0.306 e. The van der Waals surface area contributed by atoms with Crippen LogP contribution in [0, 0.1) is 11.8 Å². The largest absolute Gasteiger partial charge is 0.306 e. The van der Waals surface area contributed by atoms with Crippen molar-refractivity contribution in [2.75, 3.05) is 19.6 Å². The molecule has 1 N–H and O–H groups in total. The third-order valence-corrected chi connectivity index (χ3v) is 4.10. The van der Waals surface area contributed by atoms with Crippen molar-refractivity contribution in [1.29, 1.82) is 0 Å². The number of aromatic nitrogens is 3. The zero-order valence-corrected chi connectivity index (χ0v) is 13.6. The molecule has 0 spiro atoms. The Labute approximate surface area is 122 Å². The molecule has 1 fully saturated rings. The van der Waals surface area contributed by atoms with Crippen LogP contribution in [0.25, 0.3) is 0 Å². The highest BCUT2D eigenvalue weighted by molar-refractivity contribution is 4.93. The van der Waals surface area contributed by atoms with Gasteiger partial charge in [0.15, 0.2) is 0 Å². The highest BCUT2D eigenvalue weighted by atomic mass is 15.4. The summed E-state index contributed by atoms with van der Waals surface area (Å²) in [6, 6.07) is 0. The van der Waals surface area contributed by atoms with Gasteiger partial charge in [-0.25, -0.2) is 0 Å². The van der Waals surface area contributed by atoms with Crippen LogP contribution in [0.15, 0.2) is 6.20 Å². The minimum atomic E-state index is 0.117. The molecule has 0 aliphatic carbocycles. The first-order chi connectivity index (χ1) is 9.33. The molecule has 1 aliphatic rings. The number of nitrogens with one attached hydrogen (secondary N) is 1. The summed E-state index contributed by atoms with van der Waals surface area (Å²) in [6.07, 6.45) is 2.06. The molecular weight excluding hydrogens is 250 g/mol. The second kappa shape index (κ2) is 6.22. The van der Waals surface area contributed by atoms with E-state index in [1.165, 1.54) is 13.1 Å². The average Bonchev–Trinajstić information content (AvgIpc) is 2.91. The Morgan fingerprint density at radius 2 is 1.85 bits per heavy atom. The molecule has 5 nitrogen and oxygen atoms in total. The predicted molar refractivity (Wildman–Crippen MR) is 81.4 cm³/mol. The molecule has 1 aromatic rings. The van der Waals surface area contributed by atoms with Gasteiger partial charge in [-0.15, -0.1) is 5.10 Å². The van der Waals surface area contributed by atoms with E-state index in [4.69, 9.17) is 0 Å². The van der Waals surface area contributed by atoms with E-state index in [0.717, 1.165) is 37.2 Å². The summed E-state index contributed by atoms with van der Waals surface area (Å²) in [5.41, 5.74) is 1.13. The van der Waals surface area contributed by atoms with Crippen LogP contribution in [0.3, 0.4) is 0 Å². The van der Waals surface area contributed by atoms with Gasteiger partial charge in [0.05, 0.1) is 12.2 Å². The van der Waals surface area contributed by atoms with E-state index in [9.17, 15) is 0 Å². The first-order valence-electron chi connectivity index (χ1n) is 7.70. The van der Waals surface area contributed by atoms with Crippen LogP contribution in [0.2, 0.25) is 0 Å². The fourth-order valence-corrected chi connectivity index (χ4v) is 2.56. The Hall–Kier alpha value is -0.940. The zero-order chi connectivity index (χ0) is 14.8. The first kappa shape index (κ1) is 15.4. The van der Waals surface area contributed by atoms with Crippen LogP contribution in [0.1, 0.15) is 40.3 Å². The SMILES string of the molecule is CC1CN(CCn2cc(CNC(C)(C)C)nn2)CC1C. The lowest BCUT2D eigenvalue weighted by Crippen LogP contribution is -2.35. The zero-order valence-electron chi connectivity index (χ0n) is 13.6. The molecule has 0 saturated carbocycles. The highest BCUT2D eigenvalue weighted by Crippen LogP contribution is 2.21. The van der Waals surface area contributed by atoms with Crippen molar-refractivity contribution in [3.8, 4) is 0 Å². The van der Waals surface area contributed by atoms with Crippen molar-refractivity contribution in [1.82, 2.24) is 25.2 Å². The quantitative estimate of drug-likeness (QED) is 0.892. The Morgan fingerprint density at radius 1 is 1.20 bits per heavy atom. The topological polar surface area (TPSA) is 46.0 Å².